The SMILES string of the molecule is CC(=O)O.CC(=O)O.CC(C)(C)c1ccc(I)cc1.CC(C)(C)c1ccc(I)cc1. The average molecular weight is 640 g/mol. The molecule has 0 aliphatic rings. The minimum atomic E-state index is -0.833. The van der Waals surface area contributed by atoms with Gasteiger partial charge in [-0.1, -0.05) is 65.8 Å². The maximum atomic E-state index is 9.00. The fourth-order valence-electron chi connectivity index (χ4n) is 1.90. The Hall–Kier alpha value is -1.16. The van der Waals surface area contributed by atoms with Crippen LogP contribution in [0.25, 0.3) is 0 Å². The van der Waals surface area contributed by atoms with Crippen LogP contribution in [0.4, 0.5) is 0 Å². The third kappa shape index (κ3) is 18.8. The molecule has 0 amide bonds. The molecule has 0 fully saturated rings. The molecule has 2 aromatic carbocycles. The lowest BCUT2D eigenvalue weighted by Gasteiger charge is -2.18. The lowest BCUT2D eigenvalue weighted by molar-refractivity contribution is -0.135. The zero-order valence-electron chi connectivity index (χ0n) is 19.1. The van der Waals surface area contributed by atoms with E-state index in [9.17, 15) is 0 Å². The number of halogens is 2. The van der Waals surface area contributed by atoms with Gasteiger partial charge < -0.3 is 10.2 Å². The number of hydrogen-bond acceptors (Lipinski definition) is 2. The van der Waals surface area contributed by atoms with E-state index in [-0.39, 0.29) is 10.8 Å². The number of carboxylic acid groups (broad SMARTS) is 2. The van der Waals surface area contributed by atoms with E-state index in [1.165, 1.54) is 18.3 Å². The van der Waals surface area contributed by atoms with Crippen molar-refractivity contribution in [3.63, 3.8) is 0 Å². The molecule has 0 aromatic heterocycles. The molecule has 0 saturated carbocycles. The molecule has 0 heterocycles. The average Bonchev–Trinajstić information content (AvgIpc) is 2.53. The van der Waals surface area contributed by atoms with Crippen molar-refractivity contribution >= 4 is 57.1 Å². The van der Waals surface area contributed by atoms with Crippen LogP contribution < -0.4 is 0 Å². The van der Waals surface area contributed by atoms with Crippen molar-refractivity contribution in [1.29, 1.82) is 0 Å². The van der Waals surface area contributed by atoms with E-state index in [4.69, 9.17) is 19.8 Å². The highest BCUT2D eigenvalue weighted by atomic mass is 127. The Morgan fingerprint density at radius 3 is 0.900 bits per heavy atom. The van der Waals surface area contributed by atoms with Gasteiger partial charge in [-0.25, -0.2) is 0 Å². The van der Waals surface area contributed by atoms with Crippen LogP contribution in [0.1, 0.15) is 66.5 Å². The summed E-state index contributed by atoms with van der Waals surface area (Å²) >= 11 is 4.65. The third-order valence-electron chi connectivity index (χ3n) is 3.42. The Kier molecular flexibility index (Phi) is 15.3. The monoisotopic (exact) mass is 640 g/mol. The van der Waals surface area contributed by atoms with E-state index in [2.05, 4.69) is 135 Å². The summed E-state index contributed by atoms with van der Waals surface area (Å²) in [4.78, 5) is 18.0. The van der Waals surface area contributed by atoms with Gasteiger partial charge in [-0.2, -0.15) is 0 Å². The van der Waals surface area contributed by atoms with E-state index in [0.29, 0.717) is 0 Å². The van der Waals surface area contributed by atoms with Crippen molar-refractivity contribution < 1.29 is 19.8 Å². The smallest absolute Gasteiger partial charge is 0.300 e. The molecule has 6 heteroatoms. The van der Waals surface area contributed by atoms with Crippen LogP contribution in [0, 0.1) is 7.14 Å². The predicted molar refractivity (Wildman–Crippen MR) is 142 cm³/mol. The minimum Gasteiger partial charge on any atom is -0.481 e. The van der Waals surface area contributed by atoms with Gasteiger partial charge in [0, 0.05) is 21.0 Å². The second kappa shape index (κ2) is 14.8. The Morgan fingerprint density at radius 2 is 0.767 bits per heavy atom. The quantitative estimate of drug-likeness (QED) is 0.296. The third-order valence-corrected chi connectivity index (χ3v) is 4.86. The van der Waals surface area contributed by atoms with Gasteiger partial charge in [0.05, 0.1) is 0 Å². The predicted octanol–water partition coefficient (Wildman–Crippen LogP) is 7.36. The van der Waals surface area contributed by atoms with Crippen molar-refractivity contribution in [3.8, 4) is 0 Å². The molecule has 0 radical (unpaired) electrons. The summed E-state index contributed by atoms with van der Waals surface area (Å²) in [5.41, 5.74) is 3.37. The molecule has 0 aliphatic heterocycles. The fraction of sp³-hybridized carbons (Fsp3) is 0.417. The van der Waals surface area contributed by atoms with Gasteiger partial charge in [-0.15, -0.1) is 0 Å². The normalized spacial score (nSPS) is 10.2. The lowest BCUT2D eigenvalue weighted by Crippen LogP contribution is -2.10. The standard InChI is InChI=1S/2C10H13I.2C2H4O2/c2*1-10(2,3)8-4-6-9(11)7-5-8;2*1-2(3)4/h2*4-7H,1-3H3;2*1H3,(H,3,4). The molecule has 0 aliphatic carbocycles. The lowest BCUT2D eigenvalue weighted by atomic mass is 9.87. The molecule has 0 saturated heterocycles. The molecule has 4 nitrogen and oxygen atoms in total. The van der Waals surface area contributed by atoms with Gasteiger partial charge in [-0.3, -0.25) is 9.59 Å². The highest BCUT2D eigenvalue weighted by Crippen LogP contribution is 2.23. The van der Waals surface area contributed by atoms with Gasteiger partial charge in [0.1, 0.15) is 0 Å². The summed E-state index contributed by atoms with van der Waals surface area (Å²) in [7, 11) is 0. The first-order chi connectivity index (χ1) is 13.5. The molecule has 2 aromatic rings. The highest BCUT2D eigenvalue weighted by Gasteiger charge is 2.12. The number of aliphatic carboxylic acids is 2. The summed E-state index contributed by atoms with van der Waals surface area (Å²) in [6.45, 7) is 15.6. The van der Waals surface area contributed by atoms with Crippen molar-refractivity contribution in [2.24, 2.45) is 0 Å². The van der Waals surface area contributed by atoms with Gasteiger partial charge in [0.15, 0.2) is 0 Å². The summed E-state index contributed by atoms with van der Waals surface area (Å²) in [5.74, 6) is -1.67. The van der Waals surface area contributed by atoms with Crippen LogP contribution in [0.3, 0.4) is 0 Å². The molecule has 0 spiro atoms. The fourth-order valence-corrected chi connectivity index (χ4v) is 2.62. The Labute approximate surface area is 208 Å². The summed E-state index contributed by atoms with van der Waals surface area (Å²) in [5, 5.41) is 14.8. The Balaban J connectivity index is 0. The van der Waals surface area contributed by atoms with E-state index in [1.54, 1.807) is 0 Å². The van der Waals surface area contributed by atoms with Crippen LogP contribution in [-0.4, -0.2) is 22.2 Å². The van der Waals surface area contributed by atoms with Crippen LogP contribution in [0.15, 0.2) is 48.5 Å². The first-order valence-electron chi connectivity index (χ1n) is 9.38. The first-order valence-corrected chi connectivity index (χ1v) is 11.5. The Bertz CT molecular complexity index is 678. The van der Waals surface area contributed by atoms with Gasteiger partial charge >= 0.3 is 0 Å². The van der Waals surface area contributed by atoms with Crippen LogP contribution in [-0.2, 0) is 20.4 Å². The number of benzene rings is 2. The van der Waals surface area contributed by atoms with Crippen molar-refractivity contribution in [2.75, 3.05) is 0 Å². The van der Waals surface area contributed by atoms with Gasteiger partial charge in [-0.05, 0) is 91.4 Å². The van der Waals surface area contributed by atoms with Crippen molar-refractivity contribution in [1.82, 2.24) is 0 Å². The molecule has 0 atom stereocenters. The molecule has 30 heavy (non-hydrogen) atoms. The van der Waals surface area contributed by atoms with Crippen LogP contribution >= 0.6 is 45.2 Å². The van der Waals surface area contributed by atoms with Crippen molar-refractivity contribution in [3.05, 3.63) is 66.8 Å². The summed E-state index contributed by atoms with van der Waals surface area (Å²) in [6, 6.07) is 17.4. The second-order valence-corrected chi connectivity index (χ2v) is 11.0. The maximum absolute atomic E-state index is 9.00. The number of hydrogen-bond donors (Lipinski definition) is 2. The van der Waals surface area contributed by atoms with Crippen molar-refractivity contribution in [2.45, 2.75) is 66.2 Å². The highest BCUT2D eigenvalue weighted by molar-refractivity contribution is 14.1. The minimum absolute atomic E-state index is 0.282. The van der Waals surface area contributed by atoms with Gasteiger partial charge in [0.2, 0.25) is 0 Å². The van der Waals surface area contributed by atoms with Gasteiger partial charge in [0.25, 0.3) is 11.9 Å². The van der Waals surface area contributed by atoms with E-state index >= 15 is 0 Å². The number of carbonyl (C=O) groups is 2. The summed E-state index contributed by atoms with van der Waals surface area (Å²) in [6.07, 6.45) is 0. The van der Waals surface area contributed by atoms with Crippen LogP contribution in [0.5, 0.6) is 0 Å². The summed E-state index contributed by atoms with van der Waals surface area (Å²) < 4.78 is 2.60. The largest absolute Gasteiger partial charge is 0.481 e. The maximum Gasteiger partial charge on any atom is 0.300 e. The molecule has 168 valence electrons. The zero-order valence-corrected chi connectivity index (χ0v) is 23.4. The molecular formula is C24H34I2O4. The molecule has 2 N–H and O–H groups in total. The van der Waals surface area contributed by atoms with Crippen LogP contribution in [0.2, 0.25) is 0 Å². The van der Waals surface area contributed by atoms with E-state index in [0.717, 1.165) is 13.8 Å². The first kappa shape index (κ1) is 31.0. The number of rotatable bonds is 0. The molecule has 0 unspecified atom stereocenters. The molecular weight excluding hydrogens is 606 g/mol. The molecule has 2 rings (SSSR count). The van der Waals surface area contributed by atoms with E-state index < -0.39 is 11.9 Å². The number of carboxylic acids is 2. The molecule has 0 bridgehead atoms. The Morgan fingerprint density at radius 1 is 0.600 bits per heavy atom. The topological polar surface area (TPSA) is 74.6 Å². The second-order valence-electron chi connectivity index (χ2n) is 8.55. The zero-order chi connectivity index (χ0) is 24.1. The van der Waals surface area contributed by atoms with E-state index in [1.807, 2.05) is 0 Å².